The molecule has 1 saturated carbocycles. The molecule has 0 unspecified atom stereocenters. The van der Waals surface area contributed by atoms with Gasteiger partial charge >= 0.3 is 6.61 Å². The summed E-state index contributed by atoms with van der Waals surface area (Å²) in [6.07, 6.45) is 4.65. The summed E-state index contributed by atoms with van der Waals surface area (Å²) in [5, 5.41) is 27.7. The summed E-state index contributed by atoms with van der Waals surface area (Å²) < 4.78 is 28.4. The second-order valence-corrected chi connectivity index (χ2v) is 8.02. The number of aliphatic hydroxyl groups is 1. The zero-order valence-corrected chi connectivity index (χ0v) is 17.8. The number of ether oxygens (including phenoxy) is 1. The van der Waals surface area contributed by atoms with Crippen LogP contribution in [0.4, 0.5) is 20.5 Å². The fourth-order valence-corrected chi connectivity index (χ4v) is 3.92. The van der Waals surface area contributed by atoms with Crippen molar-refractivity contribution in [3.05, 3.63) is 11.8 Å². The maximum Gasteiger partial charge on any atom is 0.345 e. The minimum absolute atomic E-state index is 0.0486. The number of anilines is 2. The number of alkyl halides is 2. The summed E-state index contributed by atoms with van der Waals surface area (Å²) in [6.45, 7) is -1.30. The number of aliphatic hydroxyl groups excluding tert-OH is 1. The summed E-state index contributed by atoms with van der Waals surface area (Å²) >= 11 is 0. The highest BCUT2D eigenvalue weighted by atomic mass is 19.3. The van der Waals surface area contributed by atoms with Gasteiger partial charge in [-0.05, 0) is 32.1 Å². The molecule has 2 fully saturated rings. The first kappa shape index (κ1) is 24.0. The first-order chi connectivity index (χ1) is 15.4. The third-order valence-electron chi connectivity index (χ3n) is 5.60. The van der Waals surface area contributed by atoms with E-state index in [1.54, 1.807) is 0 Å². The Kier molecular flexibility index (Phi) is 8.90. The zero-order chi connectivity index (χ0) is 22.9. The number of carbonyl (C=O) groups excluding carboxylic acids is 1. The number of likely N-dealkylation sites (tertiary alicyclic amines) is 1. The second-order valence-electron chi connectivity index (χ2n) is 8.02. The average Bonchev–Trinajstić information content (AvgIpc) is 3.20. The monoisotopic (exact) mass is 453 g/mol. The molecule has 1 aliphatic carbocycles. The molecule has 3 rings (SSSR count). The lowest BCUT2D eigenvalue weighted by Gasteiger charge is -2.27. The van der Waals surface area contributed by atoms with Gasteiger partial charge in [-0.1, -0.05) is 0 Å². The quantitative estimate of drug-likeness (QED) is 0.304. The highest BCUT2D eigenvalue weighted by Gasteiger charge is 2.27. The van der Waals surface area contributed by atoms with Crippen LogP contribution in [0.25, 0.3) is 0 Å². The topological polar surface area (TPSA) is 135 Å². The van der Waals surface area contributed by atoms with Crippen LogP contribution in [0.15, 0.2) is 6.20 Å². The Bertz CT molecular complexity index is 800. The highest BCUT2D eigenvalue weighted by molar-refractivity contribution is 5.98. The molecule has 1 aromatic rings. The molecule has 1 amide bonds. The number of halogens is 2. The predicted molar refractivity (Wildman–Crippen MR) is 112 cm³/mol. The fraction of sp³-hybridized carbons (Fsp3) is 0.700. The van der Waals surface area contributed by atoms with Crippen molar-refractivity contribution in [2.45, 2.75) is 56.9 Å². The number of nitriles is 1. The van der Waals surface area contributed by atoms with E-state index in [-0.39, 0.29) is 48.8 Å². The molecule has 0 radical (unpaired) electrons. The molecule has 0 bridgehead atoms. The second kappa shape index (κ2) is 11.8. The first-order valence-electron chi connectivity index (χ1n) is 10.8. The summed E-state index contributed by atoms with van der Waals surface area (Å²) in [5.41, 5.74) is 0.282. The van der Waals surface area contributed by atoms with Crippen molar-refractivity contribution >= 4 is 17.7 Å². The fourth-order valence-electron chi connectivity index (χ4n) is 3.92. The van der Waals surface area contributed by atoms with Gasteiger partial charge in [0, 0.05) is 37.9 Å². The largest absolute Gasteiger partial charge is 0.393 e. The van der Waals surface area contributed by atoms with E-state index in [0.29, 0.717) is 31.7 Å². The van der Waals surface area contributed by atoms with Crippen LogP contribution in [0.2, 0.25) is 0 Å². The Morgan fingerprint density at radius 1 is 1.31 bits per heavy atom. The van der Waals surface area contributed by atoms with E-state index in [9.17, 15) is 18.7 Å². The Hall–Kier alpha value is -2.62. The molecule has 4 N–H and O–H groups in total. The van der Waals surface area contributed by atoms with E-state index in [1.807, 2.05) is 4.90 Å². The standard InChI is InChI=1S/C20H29F2N7O3/c21-19(22)32-10-7-24-20-25-11-16(17(28-20)26-13-1-3-15(30)4-2-13)18(31)27-14-5-8-29(12-14)9-6-23/h11,13-15,19,30H,1-5,7-10,12H2,(H,27,31)(H2,24,25,26,28)/t13?,14-,15?/m0/s1. The van der Waals surface area contributed by atoms with Crippen molar-refractivity contribution in [1.82, 2.24) is 20.2 Å². The van der Waals surface area contributed by atoms with Crippen LogP contribution in [0.3, 0.4) is 0 Å². The van der Waals surface area contributed by atoms with E-state index >= 15 is 0 Å². The molecule has 32 heavy (non-hydrogen) atoms. The number of nitrogens with one attached hydrogen (secondary N) is 3. The molecule has 2 heterocycles. The van der Waals surface area contributed by atoms with Crippen LogP contribution in [0.1, 0.15) is 42.5 Å². The Balaban J connectivity index is 1.67. The Labute approximate surface area is 185 Å². The van der Waals surface area contributed by atoms with Crippen LogP contribution in [-0.4, -0.2) is 83.5 Å². The van der Waals surface area contributed by atoms with Gasteiger partial charge in [-0.15, -0.1) is 0 Å². The van der Waals surface area contributed by atoms with Gasteiger partial charge in [0.1, 0.15) is 11.4 Å². The van der Waals surface area contributed by atoms with Crippen LogP contribution in [-0.2, 0) is 4.74 Å². The molecule has 1 saturated heterocycles. The number of carbonyl (C=O) groups is 1. The maximum atomic E-state index is 12.9. The summed E-state index contributed by atoms with van der Waals surface area (Å²) in [5.74, 6) is 0.224. The van der Waals surface area contributed by atoms with E-state index in [4.69, 9.17) is 5.26 Å². The molecule has 176 valence electrons. The lowest BCUT2D eigenvalue weighted by Crippen LogP contribution is -2.38. The van der Waals surface area contributed by atoms with Crippen LogP contribution in [0.5, 0.6) is 0 Å². The highest BCUT2D eigenvalue weighted by Crippen LogP contribution is 2.24. The number of amides is 1. The van der Waals surface area contributed by atoms with Gasteiger partial charge in [0.25, 0.3) is 5.91 Å². The van der Waals surface area contributed by atoms with Crippen molar-refractivity contribution in [3.8, 4) is 6.07 Å². The Morgan fingerprint density at radius 3 is 2.81 bits per heavy atom. The van der Waals surface area contributed by atoms with Crippen molar-refractivity contribution in [2.75, 3.05) is 43.4 Å². The molecular formula is C20H29F2N7O3. The third-order valence-corrected chi connectivity index (χ3v) is 5.60. The lowest BCUT2D eigenvalue weighted by molar-refractivity contribution is -0.125. The number of nitrogens with zero attached hydrogens (tertiary/aromatic N) is 4. The van der Waals surface area contributed by atoms with Gasteiger partial charge in [-0.2, -0.15) is 19.0 Å². The molecular weight excluding hydrogens is 424 g/mol. The predicted octanol–water partition coefficient (Wildman–Crippen LogP) is 1.17. The van der Waals surface area contributed by atoms with Crippen LogP contribution in [0, 0.1) is 11.3 Å². The van der Waals surface area contributed by atoms with Gasteiger partial charge < -0.3 is 25.8 Å². The molecule has 2 aliphatic rings. The molecule has 1 aliphatic heterocycles. The summed E-state index contributed by atoms with van der Waals surface area (Å²) in [6, 6.07) is 2.09. The number of hydrogen-bond acceptors (Lipinski definition) is 9. The van der Waals surface area contributed by atoms with Gasteiger partial charge in [-0.3, -0.25) is 9.69 Å². The molecule has 10 nitrogen and oxygen atoms in total. The average molecular weight is 453 g/mol. The minimum atomic E-state index is -2.85. The van der Waals surface area contributed by atoms with Crippen LogP contribution >= 0.6 is 0 Å². The molecule has 0 aromatic carbocycles. The van der Waals surface area contributed by atoms with Gasteiger partial charge in [0.05, 0.1) is 25.3 Å². The minimum Gasteiger partial charge on any atom is -0.393 e. The SMILES string of the molecule is N#CCN1CC[C@H](NC(=O)c2cnc(NCCOC(F)F)nc2NC2CCC(O)CC2)C1. The van der Waals surface area contributed by atoms with Gasteiger partial charge in [-0.25, -0.2) is 4.98 Å². The van der Waals surface area contributed by atoms with E-state index in [2.05, 4.69) is 36.7 Å². The van der Waals surface area contributed by atoms with E-state index < -0.39 is 6.61 Å². The number of hydrogen-bond donors (Lipinski definition) is 4. The summed E-state index contributed by atoms with van der Waals surface area (Å²) in [7, 11) is 0. The van der Waals surface area contributed by atoms with E-state index in [0.717, 1.165) is 25.8 Å². The lowest BCUT2D eigenvalue weighted by atomic mass is 9.93. The third kappa shape index (κ3) is 7.22. The van der Waals surface area contributed by atoms with Gasteiger partial charge in [0.15, 0.2) is 0 Å². The first-order valence-corrected chi connectivity index (χ1v) is 10.8. The number of aromatic nitrogens is 2. The number of rotatable bonds is 10. The van der Waals surface area contributed by atoms with Crippen molar-refractivity contribution in [2.24, 2.45) is 0 Å². The van der Waals surface area contributed by atoms with Crippen LogP contribution < -0.4 is 16.0 Å². The Morgan fingerprint density at radius 2 is 2.09 bits per heavy atom. The van der Waals surface area contributed by atoms with E-state index in [1.165, 1.54) is 6.20 Å². The summed E-state index contributed by atoms with van der Waals surface area (Å²) in [4.78, 5) is 23.5. The maximum absolute atomic E-state index is 12.9. The molecule has 1 atom stereocenters. The van der Waals surface area contributed by atoms with Crippen molar-refractivity contribution in [1.29, 1.82) is 5.26 Å². The van der Waals surface area contributed by atoms with Gasteiger partial charge in [0.2, 0.25) is 5.95 Å². The van der Waals surface area contributed by atoms with Crippen molar-refractivity contribution in [3.63, 3.8) is 0 Å². The normalized spacial score (nSPS) is 23.7. The molecule has 1 aromatic heterocycles. The molecule has 0 spiro atoms. The van der Waals surface area contributed by atoms with Crippen molar-refractivity contribution < 1.29 is 23.4 Å². The smallest absolute Gasteiger partial charge is 0.345 e. The molecule has 12 heteroatoms. The zero-order valence-electron chi connectivity index (χ0n) is 17.8.